The van der Waals surface area contributed by atoms with Gasteiger partial charge >= 0.3 is 0 Å². The van der Waals surface area contributed by atoms with Gasteiger partial charge in [-0.3, -0.25) is 10.1 Å². The van der Waals surface area contributed by atoms with E-state index in [9.17, 15) is 10.1 Å². The van der Waals surface area contributed by atoms with Gasteiger partial charge < -0.3 is 4.74 Å². The molecule has 4 nitrogen and oxygen atoms in total. The van der Waals surface area contributed by atoms with E-state index in [1.54, 1.807) is 6.08 Å². The number of nitrogens with zero attached hydrogens (tertiary/aromatic N) is 1. The third-order valence-corrected chi connectivity index (χ3v) is 4.91. The molecule has 0 spiro atoms. The van der Waals surface area contributed by atoms with Gasteiger partial charge in [0.25, 0.3) is 0 Å². The Morgan fingerprint density at radius 3 is 2.71 bits per heavy atom. The molecule has 0 aliphatic carbocycles. The van der Waals surface area contributed by atoms with E-state index in [2.05, 4.69) is 36.9 Å². The highest BCUT2D eigenvalue weighted by Crippen LogP contribution is 2.39. The number of benzene rings is 2. The highest BCUT2D eigenvalue weighted by molar-refractivity contribution is 5.83. The van der Waals surface area contributed by atoms with Crippen molar-refractivity contribution in [2.24, 2.45) is 5.92 Å². The number of hydrogen-bond donors (Lipinski definition) is 0. The van der Waals surface area contributed by atoms with E-state index in [1.807, 2.05) is 19.1 Å². The second-order valence-electron chi connectivity index (χ2n) is 6.47. The summed E-state index contributed by atoms with van der Waals surface area (Å²) >= 11 is 0. The first-order valence-electron chi connectivity index (χ1n) is 8.54. The van der Waals surface area contributed by atoms with Gasteiger partial charge in [-0.15, -0.1) is 6.58 Å². The molecular formula is C20H23NO3. The Labute approximate surface area is 142 Å². The van der Waals surface area contributed by atoms with E-state index < -0.39 is 6.04 Å². The monoisotopic (exact) mass is 325 g/mol. The fourth-order valence-corrected chi connectivity index (χ4v) is 3.68. The normalized spacial score (nSPS) is 27.0. The summed E-state index contributed by atoms with van der Waals surface area (Å²) in [5.41, 5.74) is 1.09. The van der Waals surface area contributed by atoms with E-state index in [4.69, 9.17) is 4.74 Å². The molecule has 0 bridgehead atoms. The van der Waals surface area contributed by atoms with Crippen LogP contribution in [-0.4, -0.2) is 17.1 Å². The van der Waals surface area contributed by atoms with Crippen LogP contribution in [0.1, 0.15) is 37.9 Å². The Bertz CT molecular complexity index is 742. The van der Waals surface area contributed by atoms with Crippen LogP contribution in [-0.2, 0) is 4.74 Å². The molecule has 1 heterocycles. The maximum absolute atomic E-state index is 11.5. The maximum Gasteiger partial charge on any atom is 0.245 e. The zero-order valence-electron chi connectivity index (χ0n) is 13.9. The Morgan fingerprint density at radius 2 is 2.04 bits per heavy atom. The third-order valence-electron chi connectivity index (χ3n) is 4.91. The highest BCUT2D eigenvalue weighted by atomic mass is 16.6. The van der Waals surface area contributed by atoms with Crippen molar-refractivity contribution >= 4 is 10.8 Å². The number of ether oxygens (including phenoxy) is 1. The van der Waals surface area contributed by atoms with Crippen molar-refractivity contribution in [2.45, 2.75) is 44.4 Å². The third kappa shape index (κ3) is 3.20. The van der Waals surface area contributed by atoms with E-state index in [-0.39, 0.29) is 23.0 Å². The van der Waals surface area contributed by atoms with Crippen LogP contribution in [0.25, 0.3) is 10.8 Å². The zero-order chi connectivity index (χ0) is 17.1. The van der Waals surface area contributed by atoms with Crippen molar-refractivity contribution in [1.29, 1.82) is 0 Å². The van der Waals surface area contributed by atoms with Gasteiger partial charge in [0.2, 0.25) is 6.04 Å². The minimum absolute atomic E-state index is 0.120. The minimum atomic E-state index is -0.695. The first-order valence-corrected chi connectivity index (χ1v) is 8.54. The lowest BCUT2D eigenvalue weighted by Gasteiger charge is -2.36. The summed E-state index contributed by atoms with van der Waals surface area (Å²) in [4.78, 5) is 11.3. The van der Waals surface area contributed by atoms with Gasteiger partial charge in [0.15, 0.2) is 0 Å². The lowest BCUT2D eigenvalue weighted by atomic mass is 9.83. The predicted molar refractivity (Wildman–Crippen MR) is 95.6 cm³/mol. The van der Waals surface area contributed by atoms with E-state index >= 15 is 0 Å². The van der Waals surface area contributed by atoms with Crippen molar-refractivity contribution in [1.82, 2.24) is 0 Å². The molecule has 0 amide bonds. The molecule has 1 fully saturated rings. The van der Waals surface area contributed by atoms with Crippen molar-refractivity contribution in [2.75, 3.05) is 0 Å². The van der Waals surface area contributed by atoms with Gasteiger partial charge in [-0.05, 0) is 35.2 Å². The van der Waals surface area contributed by atoms with Crippen LogP contribution in [0, 0.1) is 16.0 Å². The number of hydrogen-bond acceptors (Lipinski definition) is 3. The smallest absolute Gasteiger partial charge is 0.245 e. The van der Waals surface area contributed by atoms with Crippen LogP contribution in [0.3, 0.4) is 0 Å². The summed E-state index contributed by atoms with van der Waals surface area (Å²) in [5, 5.41) is 13.9. The average Bonchev–Trinajstić information content (AvgIpc) is 2.60. The van der Waals surface area contributed by atoms with Gasteiger partial charge in [-0.25, -0.2) is 0 Å². The molecular weight excluding hydrogens is 302 g/mol. The molecule has 3 rings (SSSR count). The van der Waals surface area contributed by atoms with E-state index in [0.29, 0.717) is 12.8 Å². The number of fused-ring (bicyclic) bond motifs is 1. The van der Waals surface area contributed by atoms with Crippen LogP contribution in [0.2, 0.25) is 0 Å². The number of nitro groups is 1. The Kier molecular flexibility index (Phi) is 4.95. The molecule has 4 atom stereocenters. The molecule has 1 aliphatic heterocycles. The Morgan fingerprint density at radius 1 is 1.29 bits per heavy atom. The topological polar surface area (TPSA) is 52.4 Å². The summed E-state index contributed by atoms with van der Waals surface area (Å²) in [6, 6.07) is 13.8. The lowest BCUT2D eigenvalue weighted by molar-refractivity contribution is -0.550. The molecule has 0 aromatic heterocycles. The van der Waals surface area contributed by atoms with Gasteiger partial charge in [0, 0.05) is 10.8 Å². The largest absolute Gasteiger partial charge is 0.363 e. The molecule has 1 aliphatic rings. The standard InChI is InChI=1S/C20H23NO3/c1-3-7-18-20(21(22)23)14(4-2)13-19(24-18)17-11-10-15-8-5-6-9-16(15)12-17/h4-6,8-12,14,18-20H,2-3,7,13H2,1H3/t14-,18+,19-,20-/m0/s1. The summed E-state index contributed by atoms with van der Waals surface area (Å²) in [6.45, 7) is 5.86. The predicted octanol–water partition coefficient (Wildman–Crippen LogP) is 4.92. The maximum atomic E-state index is 11.5. The van der Waals surface area contributed by atoms with Gasteiger partial charge in [-0.1, -0.05) is 55.8 Å². The summed E-state index contributed by atoms with van der Waals surface area (Å²) in [5.74, 6) is -0.165. The summed E-state index contributed by atoms with van der Waals surface area (Å²) in [7, 11) is 0. The molecule has 2 aromatic carbocycles. The van der Waals surface area contributed by atoms with Crippen LogP contribution >= 0.6 is 0 Å². The molecule has 0 unspecified atom stereocenters. The fourth-order valence-electron chi connectivity index (χ4n) is 3.68. The second kappa shape index (κ2) is 7.14. The van der Waals surface area contributed by atoms with Crippen molar-refractivity contribution in [3.63, 3.8) is 0 Å². The molecule has 126 valence electrons. The van der Waals surface area contributed by atoms with Gasteiger partial charge in [0.05, 0.1) is 6.10 Å². The van der Waals surface area contributed by atoms with E-state index in [1.165, 1.54) is 5.39 Å². The molecule has 24 heavy (non-hydrogen) atoms. The van der Waals surface area contributed by atoms with Crippen molar-refractivity contribution in [3.05, 3.63) is 70.8 Å². The quantitative estimate of drug-likeness (QED) is 0.445. The van der Waals surface area contributed by atoms with Crippen molar-refractivity contribution in [3.8, 4) is 0 Å². The van der Waals surface area contributed by atoms with E-state index in [0.717, 1.165) is 17.4 Å². The van der Waals surface area contributed by atoms with Crippen LogP contribution in [0.4, 0.5) is 0 Å². The van der Waals surface area contributed by atoms with Crippen molar-refractivity contribution < 1.29 is 9.66 Å². The van der Waals surface area contributed by atoms with Gasteiger partial charge in [-0.2, -0.15) is 0 Å². The van der Waals surface area contributed by atoms with Crippen LogP contribution < -0.4 is 0 Å². The molecule has 0 radical (unpaired) electrons. The summed E-state index contributed by atoms with van der Waals surface area (Å²) < 4.78 is 6.18. The Balaban J connectivity index is 1.92. The molecule has 4 heteroatoms. The highest BCUT2D eigenvalue weighted by Gasteiger charge is 2.44. The van der Waals surface area contributed by atoms with Gasteiger partial charge in [0.1, 0.15) is 6.10 Å². The second-order valence-corrected chi connectivity index (χ2v) is 6.47. The first kappa shape index (κ1) is 16.7. The zero-order valence-corrected chi connectivity index (χ0v) is 13.9. The Hall–Kier alpha value is -2.20. The summed E-state index contributed by atoms with van der Waals surface area (Å²) in [6.07, 6.45) is 3.41. The molecule has 0 saturated carbocycles. The first-order chi connectivity index (χ1) is 11.6. The number of rotatable bonds is 5. The van der Waals surface area contributed by atoms with Crippen LogP contribution in [0.5, 0.6) is 0 Å². The fraction of sp³-hybridized carbons (Fsp3) is 0.400. The minimum Gasteiger partial charge on any atom is -0.363 e. The molecule has 0 N–H and O–H groups in total. The average molecular weight is 325 g/mol. The SMILES string of the molecule is C=C[C@H]1C[C@@H](c2ccc3ccccc3c2)O[C@H](CCC)[C@H]1[N+](=O)[O-]. The van der Waals surface area contributed by atoms with Crippen LogP contribution in [0.15, 0.2) is 55.1 Å². The molecule has 1 saturated heterocycles. The molecule has 2 aromatic rings. The lowest BCUT2D eigenvalue weighted by Crippen LogP contribution is -2.46.